The van der Waals surface area contributed by atoms with E-state index in [4.69, 9.17) is 12.6 Å². The van der Waals surface area contributed by atoms with Crippen LogP contribution in [0, 0.1) is 0 Å². The molecule has 0 spiro atoms. The lowest BCUT2D eigenvalue weighted by atomic mass is 9.96. The lowest BCUT2D eigenvalue weighted by Gasteiger charge is -2.27. The number of nitrogens with zero attached hydrogens (tertiary/aromatic N) is 3. The van der Waals surface area contributed by atoms with E-state index in [0.29, 0.717) is 25.1 Å². The summed E-state index contributed by atoms with van der Waals surface area (Å²) in [6.07, 6.45) is 1.30. The standard InChI is InChI=1S/C14H14BN3O2/c15-12-8-16-18-7-6-17(9-13(12)18)14(19)20-10-11-4-2-1-3-5-11/h1-5,8H,6-7,9-10H2. The van der Waals surface area contributed by atoms with Crippen molar-refractivity contribution in [2.45, 2.75) is 19.7 Å². The molecule has 20 heavy (non-hydrogen) atoms. The number of ether oxygens (including phenoxy) is 1. The highest BCUT2D eigenvalue weighted by Gasteiger charge is 2.23. The van der Waals surface area contributed by atoms with Gasteiger partial charge in [-0.2, -0.15) is 5.10 Å². The van der Waals surface area contributed by atoms with Crippen LogP contribution >= 0.6 is 0 Å². The molecule has 0 unspecified atom stereocenters. The monoisotopic (exact) mass is 267 g/mol. The molecule has 2 radical (unpaired) electrons. The summed E-state index contributed by atoms with van der Waals surface area (Å²) < 4.78 is 7.15. The molecule has 1 aliphatic rings. The molecule has 1 aromatic carbocycles. The van der Waals surface area contributed by atoms with Crippen LogP contribution in [0.15, 0.2) is 36.5 Å². The topological polar surface area (TPSA) is 47.4 Å². The summed E-state index contributed by atoms with van der Waals surface area (Å²) in [6, 6.07) is 9.62. The largest absolute Gasteiger partial charge is 0.445 e. The summed E-state index contributed by atoms with van der Waals surface area (Å²) in [4.78, 5) is 13.7. The lowest BCUT2D eigenvalue weighted by molar-refractivity contribution is 0.0860. The summed E-state index contributed by atoms with van der Waals surface area (Å²) in [5, 5.41) is 4.16. The van der Waals surface area contributed by atoms with Crippen molar-refractivity contribution in [3.05, 3.63) is 47.8 Å². The fourth-order valence-electron chi connectivity index (χ4n) is 2.23. The van der Waals surface area contributed by atoms with Crippen molar-refractivity contribution in [3.63, 3.8) is 0 Å². The van der Waals surface area contributed by atoms with E-state index < -0.39 is 0 Å². The van der Waals surface area contributed by atoms with E-state index in [9.17, 15) is 4.79 Å². The maximum Gasteiger partial charge on any atom is 0.410 e. The number of hydrogen-bond acceptors (Lipinski definition) is 3. The molecule has 1 amide bonds. The molecule has 0 N–H and O–H groups in total. The van der Waals surface area contributed by atoms with E-state index >= 15 is 0 Å². The summed E-state index contributed by atoms with van der Waals surface area (Å²) in [6.45, 7) is 1.96. The zero-order valence-corrected chi connectivity index (χ0v) is 11.0. The number of benzene rings is 1. The molecule has 0 aliphatic carbocycles. The molecular formula is C14H14BN3O2. The predicted octanol–water partition coefficient (Wildman–Crippen LogP) is 0.829. The molecule has 0 fully saturated rings. The van der Waals surface area contributed by atoms with Gasteiger partial charge in [0.15, 0.2) is 0 Å². The van der Waals surface area contributed by atoms with E-state index in [2.05, 4.69) is 5.10 Å². The van der Waals surface area contributed by atoms with Gasteiger partial charge < -0.3 is 9.64 Å². The van der Waals surface area contributed by atoms with E-state index in [1.54, 1.807) is 11.1 Å². The second kappa shape index (κ2) is 5.40. The van der Waals surface area contributed by atoms with Crippen LogP contribution in [0.4, 0.5) is 4.79 Å². The maximum atomic E-state index is 12.0. The zero-order valence-electron chi connectivity index (χ0n) is 11.0. The molecule has 2 aromatic rings. The number of rotatable bonds is 2. The lowest BCUT2D eigenvalue weighted by Crippen LogP contribution is -2.40. The van der Waals surface area contributed by atoms with Crippen LogP contribution in [-0.4, -0.2) is 35.2 Å². The second-order valence-corrected chi connectivity index (χ2v) is 4.73. The van der Waals surface area contributed by atoms with Crippen LogP contribution in [0.1, 0.15) is 11.3 Å². The minimum atomic E-state index is -0.319. The molecule has 1 aliphatic heterocycles. The third-order valence-corrected chi connectivity index (χ3v) is 3.37. The normalized spacial score (nSPS) is 13.9. The maximum absolute atomic E-state index is 12.0. The van der Waals surface area contributed by atoms with Crippen molar-refractivity contribution in [2.24, 2.45) is 0 Å². The third-order valence-electron chi connectivity index (χ3n) is 3.37. The van der Waals surface area contributed by atoms with Crippen LogP contribution in [0.25, 0.3) is 0 Å². The van der Waals surface area contributed by atoms with Gasteiger partial charge >= 0.3 is 6.09 Å². The Labute approximate surface area is 118 Å². The Morgan fingerprint density at radius 1 is 1.30 bits per heavy atom. The molecular weight excluding hydrogens is 253 g/mol. The Hall–Kier alpha value is -2.24. The van der Waals surface area contributed by atoms with Crippen molar-refractivity contribution in [1.82, 2.24) is 14.7 Å². The predicted molar refractivity (Wildman–Crippen MR) is 74.7 cm³/mol. The van der Waals surface area contributed by atoms with Gasteiger partial charge in [-0.15, -0.1) is 0 Å². The van der Waals surface area contributed by atoms with Gasteiger partial charge in [-0.25, -0.2) is 4.79 Å². The van der Waals surface area contributed by atoms with Crippen molar-refractivity contribution < 1.29 is 9.53 Å². The summed E-state index contributed by atoms with van der Waals surface area (Å²) >= 11 is 0. The van der Waals surface area contributed by atoms with Crippen LogP contribution < -0.4 is 5.46 Å². The third kappa shape index (κ3) is 2.54. The molecule has 1 aromatic heterocycles. The Morgan fingerprint density at radius 2 is 2.10 bits per heavy atom. The number of amides is 1. The van der Waals surface area contributed by atoms with Gasteiger partial charge in [0.25, 0.3) is 0 Å². The number of fused-ring (bicyclic) bond motifs is 1. The van der Waals surface area contributed by atoms with Crippen LogP contribution in [0.5, 0.6) is 0 Å². The smallest absolute Gasteiger partial charge is 0.410 e. The molecule has 2 heterocycles. The highest BCUT2D eigenvalue weighted by molar-refractivity contribution is 6.33. The SMILES string of the molecule is [B]c1cnn2c1CN(C(=O)OCc1ccccc1)CC2. The number of carbonyl (C=O) groups excluding carboxylic acids is 1. The first kappa shape index (κ1) is 12.8. The van der Waals surface area contributed by atoms with Gasteiger partial charge in [-0.1, -0.05) is 35.8 Å². The van der Waals surface area contributed by atoms with Crippen LogP contribution in [0.2, 0.25) is 0 Å². The number of aromatic nitrogens is 2. The Morgan fingerprint density at radius 3 is 2.90 bits per heavy atom. The van der Waals surface area contributed by atoms with E-state index in [0.717, 1.165) is 11.3 Å². The molecule has 6 heteroatoms. The number of carbonyl (C=O) groups is 1. The Bertz CT molecular complexity index is 612. The van der Waals surface area contributed by atoms with Crippen molar-refractivity contribution >= 4 is 19.4 Å². The highest BCUT2D eigenvalue weighted by atomic mass is 16.6. The molecule has 0 saturated carbocycles. The minimum Gasteiger partial charge on any atom is -0.445 e. The van der Waals surface area contributed by atoms with E-state index in [1.807, 2.05) is 35.0 Å². The first-order valence-corrected chi connectivity index (χ1v) is 6.50. The van der Waals surface area contributed by atoms with Crippen molar-refractivity contribution in [2.75, 3.05) is 6.54 Å². The molecule has 0 atom stereocenters. The van der Waals surface area contributed by atoms with E-state index in [1.165, 1.54) is 0 Å². The average molecular weight is 267 g/mol. The summed E-state index contributed by atoms with van der Waals surface area (Å²) in [5.41, 5.74) is 2.46. The first-order valence-electron chi connectivity index (χ1n) is 6.50. The van der Waals surface area contributed by atoms with Gasteiger partial charge in [-0.05, 0) is 5.56 Å². The van der Waals surface area contributed by atoms with Gasteiger partial charge in [0.1, 0.15) is 14.5 Å². The fourth-order valence-corrected chi connectivity index (χ4v) is 2.23. The van der Waals surface area contributed by atoms with Crippen LogP contribution in [0.3, 0.4) is 0 Å². The van der Waals surface area contributed by atoms with Gasteiger partial charge in [-0.3, -0.25) is 4.68 Å². The first-order chi connectivity index (χ1) is 9.74. The second-order valence-electron chi connectivity index (χ2n) is 4.73. The van der Waals surface area contributed by atoms with Gasteiger partial charge in [0.2, 0.25) is 0 Å². The average Bonchev–Trinajstić information content (AvgIpc) is 2.87. The highest BCUT2D eigenvalue weighted by Crippen LogP contribution is 2.11. The fraction of sp³-hybridized carbons (Fsp3) is 0.286. The number of hydrogen-bond donors (Lipinski definition) is 0. The summed E-state index contributed by atoms with van der Waals surface area (Å²) in [5.74, 6) is 0. The van der Waals surface area contributed by atoms with Crippen molar-refractivity contribution in [1.29, 1.82) is 0 Å². The molecule has 5 nitrogen and oxygen atoms in total. The molecule has 3 rings (SSSR count). The van der Waals surface area contributed by atoms with E-state index in [-0.39, 0.29) is 12.7 Å². The van der Waals surface area contributed by atoms with Gasteiger partial charge in [0.05, 0.1) is 18.8 Å². The summed E-state index contributed by atoms with van der Waals surface area (Å²) in [7, 11) is 5.83. The minimum absolute atomic E-state index is 0.283. The Kier molecular flexibility index (Phi) is 3.45. The van der Waals surface area contributed by atoms with Crippen LogP contribution in [-0.2, 0) is 24.4 Å². The molecule has 0 saturated heterocycles. The Balaban J connectivity index is 1.60. The van der Waals surface area contributed by atoms with Crippen molar-refractivity contribution in [3.8, 4) is 0 Å². The molecule has 100 valence electrons. The molecule has 0 bridgehead atoms. The van der Waals surface area contributed by atoms with Gasteiger partial charge in [0, 0.05) is 12.7 Å². The quantitative estimate of drug-likeness (QED) is 0.757. The zero-order chi connectivity index (χ0) is 13.9.